The second-order valence-electron chi connectivity index (χ2n) is 2.77. The van der Waals surface area contributed by atoms with Gasteiger partial charge >= 0.3 is 0 Å². The molecule has 76 valence electrons. The number of benzene rings is 1. The van der Waals surface area contributed by atoms with Crippen LogP contribution in [-0.2, 0) is 4.74 Å². The molecule has 0 aliphatic rings. The van der Waals surface area contributed by atoms with Crippen LogP contribution in [0.4, 0.5) is 0 Å². The summed E-state index contributed by atoms with van der Waals surface area (Å²) in [6.45, 7) is 11.8. The zero-order valence-corrected chi connectivity index (χ0v) is 8.99. The summed E-state index contributed by atoms with van der Waals surface area (Å²) in [6, 6.07) is 10.2. The lowest BCUT2D eigenvalue weighted by atomic mass is 10.1. The summed E-state index contributed by atoms with van der Waals surface area (Å²) in [5.74, 6) is 0. The van der Waals surface area contributed by atoms with Crippen LogP contribution in [0.5, 0.6) is 0 Å². The van der Waals surface area contributed by atoms with Crippen molar-refractivity contribution in [2.75, 3.05) is 6.61 Å². The van der Waals surface area contributed by atoms with Crippen LogP contribution in [0.1, 0.15) is 19.4 Å². The zero-order chi connectivity index (χ0) is 10.8. The Morgan fingerprint density at radius 2 is 1.93 bits per heavy atom. The van der Waals surface area contributed by atoms with E-state index >= 15 is 0 Å². The van der Waals surface area contributed by atoms with Crippen LogP contribution in [0.2, 0.25) is 0 Å². The van der Waals surface area contributed by atoms with Crippen LogP contribution in [0.3, 0.4) is 0 Å². The molecule has 0 spiro atoms. The van der Waals surface area contributed by atoms with Crippen LogP contribution in [-0.4, -0.2) is 6.61 Å². The molecule has 0 aliphatic carbocycles. The highest BCUT2D eigenvalue weighted by Gasteiger charge is 1.86. The molecule has 0 saturated heterocycles. The van der Waals surface area contributed by atoms with Gasteiger partial charge in [-0.3, -0.25) is 0 Å². The van der Waals surface area contributed by atoms with Gasteiger partial charge in [0, 0.05) is 0 Å². The fraction of sp³-hybridized carbons (Fsp3) is 0.231. The van der Waals surface area contributed by atoms with Gasteiger partial charge < -0.3 is 4.74 Å². The third-order valence-corrected chi connectivity index (χ3v) is 1.55. The first-order valence-corrected chi connectivity index (χ1v) is 4.65. The quantitative estimate of drug-likeness (QED) is 0.657. The largest absolute Gasteiger partial charge is 0.502 e. The molecule has 0 bridgehead atoms. The Bertz CT molecular complexity index is 262. The van der Waals surface area contributed by atoms with Crippen molar-refractivity contribution in [3.05, 3.63) is 55.3 Å². The van der Waals surface area contributed by atoms with Crippen molar-refractivity contribution in [2.45, 2.75) is 13.8 Å². The summed E-state index contributed by atoms with van der Waals surface area (Å²) in [5, 5.41) is 0. The summed E-state index contributed by atoms with van der Waals surface area (Å²) in [5.41, 5.74) is 2.34. The summed E-state index contributed by atoms with van der Waals surface area (Å²) < 4.78 is 4.60. The first kappa shape index (κ1) is 12.5. The average Bonchev–Trinajstić information content (AvgIpc) is 2.21. The number of rotatable bonds is 3. The van der Waals surface area contributed by atoms with Crippen molar-refractivity contribution in [2.24, 2.45) is 0 Å². The van der Waals surface area contributed by atoms with Gasteiger partial charge in [0.15, 0.2) is 0 Å². The molecule has 0 unspecified atom stereocenters. The summed E-state index contributed by atoms with van der Waals surface area (Å²) >= 11 is 0. The Hall–Kier alpha value is -1.50. The molecule has 0 heterocycles. The first-order valence-electron chi connectivity index (χ1n) is 4.65. The van der Waals surface area contributed by atoms with E-state index in [1.54, 1.807) is 0 Å². The molecule has 0 atom stereocenters. The molecule has 0 saturated carbocycles. The van der Waals surface area contributed by atoms with E-state index in [0.717, 1.165) is 12.2 Å². The maximum atomic E-state index is 4.60. The maximum Gasteiger partial charge on any atom is 0.0844 e. The SMILES string of the molecule is C=C(C)c1ccccc1.C=COCC. The predicted octanol–water partition coefficient (Wildman–Crippen LogP) is 3.89. The molecule has 0 fully saturated rings. The van der Waals surface area contributed by atoms with E-state index in [0.29, 0.717) is 0 Å². The Morgan fingerprint density at radius 1 is 1.36 bits per heavy atom. The highest BCUT2D eigenvalue weighted by atomic mass is 16.5. The lowest BCUT2D eigenvalue weighted by Gasteiger charge is -1.94. The van der Waals surface area contributed by atoms with Crippen molar-refractivity contribution in [1.82, 2.24) is 0 Å². The van der Waals surface area contributed by atoms with Crippen molar-refractivity contribution in [1.29, 1.82) is 0 Å². The average molecular weight is 190 g/mol. The topological polar surface area (TPSA) is 9.23 Å². The highest BCUT2D eigenvalue weighted by molar-refractivity contribution is 5.60. The number of ether oxygens (including phenoxy) is 1. The Balaban J connectivity index is 0.000000292. The van der Waals surface area contributed by atoms with Gasteiger partial charge in [0.1, 0.15) is 0 Å². The highest BCUT2D eigenvalue weighted by Crippen LogP contribution is 2.08. The van der Waals surface area contributed by atoms with Crippen LogP contribution >= 0.6 is 0 Å². The van der Waals surface area contributed by atoms with Gasteiger partial charge in [0.25, 0.3) is 0 Å². The summed E-state index contributed by atoms with van der Waals surface area (Å²) in [7, 11) is 0. The molecule has 1 heteroatoms. The van der Waals surface area contributed by atoms with Crippen LogP contribution < -0.4 is 0 Å². The molecule has 1 rings (SSSR count). The monoisotopic (exact) mass is 190 g/mol. The van der Waals surface area contributed by atoms with Gasteiger partial charge in [0.05, 0.1) is 12.9 Å². The fourth-order valence-corrected chi connectivity index (χ4v) is 0.841. The lowest BCUT2D eigenvalue weighted by Crippen LogP contribution is -1.72. The van der Waals surface area contributed by atoms with Gasteiger partial charge in [-0.15, -0.1) is 0 Å². The third kappa shape index (κ3) is 6.06. The second-order valence-corrected chi connectivity index (χ2v) is 2.77. The van der Waals surface area contributed by atoms with Gasteiger partial charge in [-0.05, 0) is 19.4 Å². The standard InChI is InChI=1S/C9H10.C4H8O/c1-8(2)9-6-4-3-5-7-9;1-3-5-4-2/h3-7H,1H2,2H3;3H,1,4H2,2H3. The van der Waals surface area contributed by atoms with E-state index in [1.807, 2.05) is 32.0 Å². The first-order chi connectivity index (χ1) is 6.72. The molecular weight excluding hydrogens is 172 g/mol. The smallest absolute Gasteiger partial charge is 0.0844 e. The Morgan fingerprint density at radius 3 is 2.14 bits per heavy atom. The van der Waals surface area contributed by atoms with E-state index in [1.165, 1.54) is 11.8 Å². The minimum atomic E-state index is 0.726. The summed E-state index contributed by atoms with van der Waals surface area (Å²) in [4.78, 5) is 0. The predicted molar refractivity (Wildman–Crippen MR) is 63.0 cm³/mol. The third-order valence-electron chi connectivity index (χ3n) is 1.55. The van der Waals surface area contributed by atoms with E-state index in [9.17, 15) is 0 Å². The number of hydrogen-bond acceptors (Lipinski definition) is 1. The van der Waals surface area contributed by atoms with Gasteiger partial charge in [-0.1, -0.05) is 49.1 Å². The van der Waals surface area contributed by atoms with Crippen LogP contribution in [0, 0.1) is 0 Å². The van der Waals surface area contributed by atoms with E-state index in [2.05, 4.69) is 30.0 Å². The normalized spacial score (nSPS) is 8.14. The molecule has 0 aliphatic heterocycles. The minimum Gasteiger partial charge on any atom is -0.502 e. The molecule has 0 radical (unpaired) electrons. The van der Waals surface area contributed by atoms with Crippen LogP contribution in [0.25, 0.3) is 5.57 Å². The van der Waals surface area contributed by atoms with Crippen molar-refractivity contribution >= 4 is 5.57 Å². The minimum absolute atomic E-state index is 0.726. The van der Waals surface area contributed by atoms with E-state index in [4.69, 9.17) is 0 Å². The molecule has 1 aromatic rings. The van der Waals surface area contributed by atoms with Crippen LogP contribution in [0.15, 0.2) is 49.8 Å². The van der Waals surface area contributed by atoms with Crippen molar-refractivity contribution in [3.63, 3.8) is 0 Å². The molecule has 14 heavy (non-hydrogen) atoms. The molecule has 0 aromatic heterocycles. The fourth-order valence-electron chi connectivity index (χ4n) is 0.841. The second kappa shape index (κ2) is 8.11. The molecule has 1 nitrogen and oxygen atoms in total. The van der Waals surface area contributed by atoms with Gasteiger partial charge in [-0.25, -0.2) is 0 Å². The Kier molecular flexibility index (Phi) is 7.24. The lowest BCUT2D eigenvalue weighted by molar-refractivity contribution is 0.270. The number of allylic oxidation sites excluding steroid dienone is 1. The summed E-state index contributed by atoms with van der Waals surface area (Å²) in [6.07, 6.45) is 1.43. The molecule has 0 amide bonds. The molecular formula is C13H18O. The van der Waals surface area contributed by atoms with E-state index in [-0.39, 0.29) is 0 Å². The van der Waals surface area contributed by atoms with Gasteiger partial charge in [-0.2, -0.15) is 0 Å². The molecule has 0 N–H and O–H groups in total. The Labute approximate surface area is 86.7 Å². The van der Waals surface area contributed by atoms with E-state index < -0.39 is 0 Å². The van der Waals surface area contributed by atoms with Crippen molar-refractivity contribution < 1.29 is 4.74 Å². The van der Waals surface area contributed by atoms with Gasteiger partial charge in [0.2, 0.25) is 0 Å². The number of hydrogen-bond donors (Lipinski definition) is 0. The maximum absolute atomic E-state index is 4.60. The zero-order valence-electron chi connectivity index (χ0n) is 8.99. The van der Waals surface area contributed by atoms with Crippen molar-refractivity contribution in [3.8, 4) is 0 Å². The molecule has 1 aromatic carbocycles.